The number of hydrazine groups is 1. The van der Waals surface area contributed by atoms with E-state index in [0.717, 1.165) is 29.3 Å². The maximum atomic E-state index is 13.3. The number of carbonyl (C=O) groups excluding carboxylic acids is 3. The van der Waals surface area contributed by atoms with Crippen LogP contribution in [0, 0.1) is 15.9 Å². The molecule has 1 heterocycles. The third-order valence-electron chi connectivity index (χ3n) is 4.88. The SMILES string of the molecule is O=C(COc1ccc([N+](=O)[O-])cc1/C=C1/C(=O)NN(c2ccccc2)C1=O)Nc1cccc(F)c1. The lowest BCUT2D eigenvalue weighted by atomic mass is 10.1. The number of non-ortho nitro benzene ring substituents is 1. The minimum atomic E-state index is -0.708. The van der Waals surface area contributed by atoms with Crippen molar-refractivity contribution in [3.63, 3.8) is 0 Å². The van der Waals surface area contributed by atoms with Crippen molar-refractivity contribution in [2.45, 2.75) is 0 Å². The lowest BCUT2D eigenvalue weighted by Gasteiger charge is -2.14. The number of ether oxygens (including phenoxy) is 1. The predicted octanol–water partition coefficient (Wildman–Crippen LogP) is 3.21. The monoisotopic (exact) mass is 476 g/mol. The molecule has 3 aromatic rings. The standard InChI is InChI=1S/C24H17FN4O6/c25-16-5-4-6-17(13-16)26-22(30)14-35-21-10-9-19(29(33)34)11-15(21)12-20-23(31)27-28(24(20)32)18-7-2-1-3-8-18/h1-13H,14H2,(H,26,30)(H,27,31)/b20-12-. The van der Waals surface area contributed by atoms with Gasteiger partial charge in [0.25, 0.3) is 23.4 Å². The van der Waals surface area contributed by atoms with Crippen molar-refractivity contribution in [1.82, 2.24) is 5.43 Å². The number of carbonyl (C=O) groups is 3. The molecule has 1 aliphatic heterocycles. The number of para-hydroxylation sites is 1. The molecule has 0 radical (unpaired) electrons. The highest BCUT2D eigenvalue weighted by atomic mass is 19.1. The van der Waals surface area contributed by atoms with Gasteiger partial charge in [0.05, 0.1) is 10.6 Å². The zero-order valence-corrected chi connectivity index (χ0v) is 17.9. The third-order valence-corrected chi connectivity index (χ3v) is 4.88. The number of benzene rings is 3. The molecule has 35 heavy (non-hydrogen) atoms. The number of rotatable bonds is 7. The number of anilines is 2. The second-order valence-electron chi connectivity index (χ2n) is 7.30. The fourth-order valence-electron chi connectivity index (χ4n) is 3.27. The molecule has 0 bridgehead atoms. The van der Waals surface area contributed by atoms with Crippen LogP contribution in [0.3, 0.4) is 0 Å². The molecular formula is C24H17FN4O6. The number of hydrogen-bond acceptors (Lipinski definition) is 6. The van der Waals surface area contributed by atoms with Gasteiger partial charge in [0, 0.05) is 23.4 Å². The zero-order valence-electron chi connectivity index (χ0n) is 17.9. The normalized spacial score (nSPS) is 14.1. The summed E-state index contributed by atoms with van der Waals surface area (Å²) in [5.41, 5.74) is 2.55. The summed E-state index contributed by atoms with van der Waals surface area (Å²) < 4.78 is 18.8. The first-order valence-electron chi connectivity index (χ1n) is 10.2. The summed E-state index contributed by atoms with van der Waals surface area (Å²) in [5, 5.41) is 14.8. The fraction of sp³-hybridized carbons (Fsp3) is 0.0417. The van der Waals surface area contributed by atoms with Crippen molar-refractivity contribution in [1.29, 1.82) is 0 Å². The van der Waals surface area contributed by atoms with Gasteiger partial charge in [-0.3, -0.25) is 29.9 Å². The Morgan fingerprint density at radius 2 is 1.86 bits per heavy atom. The molecule has 176 valence electrons. The lowest BCUT2D eigenvalue weighted by molar-refractivity contribution is -0.384. The van der Waals surface area contributed by atoms with E-state index in [1.807, 2.05) is 0 Å². The average Bonchev–Trinajstić information content (AvgIpc) is 3.12. The van der Waals surface area contributed by atoms with Gasteiger partial charge in [-0.1, -0.05) is 24.3 Å². The van der Waals surface area contributed by atoms with Crippen LogP contribution in [0.15, 0.2) is 78.4 Å². The Morgan fingerprint density at radius 1 is 1.09 bits per heavy atom. The van der Waals surface area contributed by atoms with E-state index in [9.17, 15) is 28.9 Å². The molecule has 0 atom stereocenters. The predicted molar refractivity (Wildman–Crippen MR) is 124 cm³/mol. The first kappa shape index (κ1) is 23.1. The molecule has 4 rings (SSSR count). The highest BCUT2D eigenvalue weighted by Gasteiger charge is 2.34. The summed E-state index contributed by atoms with van der Waals surface area (Å²) in [4.78, 5) is 48.2. The van der Waals surface area contributed by atoms with E-state index in [4.69, 9.17) is 4.74 Å². The number of halogens is 1. The fourth-order valence-corrected chi connectivity index (χ4v) is 3.27. The van der Waals surface area contributed by atoms with Crippen LogP contribution in [0.1, 0.15) is 5.56 Å². The highest BCUT2D eigenvalue weighted by molar-refractivity contribution is 6.31. The van der Waals surface area contributed by atoms with Crippen molar-refractivity contribution in [2.24, 2.45) is 0 Å². The van der Waals surface area contributed by atoms with Crippen LogP contribution in [-0.4, -0.2) is 29.3 Å². The largest absolute Gasteiger partial charge is 0.483 e. The molecule has 2 N–H and O–H groups in total. The molecule has 0 spiro atoms. The molecule has 1 saturated heterocycles. The number of nitrogens with zero attached hydrogens (tertiary/aromatic N) is 2. The van der Waals surface area contributed by atoms with Crippen LogP contribution in [-0.2, 0) is 14.4 Å². The van der Waals surface area contributed by atoms with E-state index in [2.05, 4.69) is 10.7 Å². The number of amides is 3. The first-order chi connectivity index (χ1) is 16.8. The van der Waals surface area contributed by atoms with Gasteiger partial charge in [-0.2, -0.15) is 0 Å². The Bertz CT molecular complexity index is 1360. The highest BCUT2D eigenvalue weighted by Crippen LogP contribution is 2.29. The molecule has 0 aliphatic carbocycles. The summed E-state index contributed by atoms with van der Waals surface area (Å²) >= 11 is 0. The maximum Gasteiger partial charge on any atom is 0.282 e. The lowest BCUT2D eigenvalue weighted by Crippen LogP contribution is -2.35. The molecule has 10 nitrogen and oxygen atoms in total. The molecule has 1 aliphatic rings. The van der Waals surface area contributed by atoms with Crippen LogP contribution < -0.4 is 20.5 Å². The van der Waals surface area contributed by atoms with Gasteiger partial charge in [0.1, 0.15) is 17.1 Å². The van der Waals surface area contributed by atoms with Crippen molar-refractivity contribution in [3.05, 3.63) is 99.9 Å². The van der Waals surface area contributed by atoms with Crippen LogP contribution in [0.5, 0.6) is 5.75 Å². The van der Waals surface area contributed by atoms with Gasteiger partial charge in [0.2, 0.25) is 0 Å². The molecular weight excluding hydrogens is 459 g/mol. The van der Waals surface area contributed by atoms with E-state index < -0.39 is 35.1 Å². The number of nitro groups is 1. The smallest absolute Gasteiger partial charge is 0.282 e. The first-order valence-corrected chi connectivity index (χ1v) is 10.2. The summed E-state index contributed by atoms with van der Waals surface area (Å²) in [7, 11) is 0. The third kappa shape index (κ3) is 5.30. The van der Waals surface area contributed by atoms with E-state index >= 15 is 0 Å². The summed E-state index contributed by atoms with van der Waals surface area (Å²) in [6, 6.07) is 17.2. The minimum absolute atomic E-state index is 0.0243. The van der Waals surface area contributed by atoms with E-state index in [-0.39, 0.29) is 28.3 Å². The minimum Gasteiger partial charge on any atom is -0.483 e. The summed E-state index contributed by atoms with van der Waals surface area (Å²) in [5.74, 6) is -2.49. The van der Waals surface area contributed by atoms with E-state index in [1.165, 1.54) is 24.3 Å². The summed E-state index contributed by atoms with van der Waals surface area (Å²) in [6.07, 6.45) is 1.16. The molecule has 0 saturated carbocycles. The van der Waals surface area contributed by atoms with Gasteiger partial charge >= 0.3 is 0 Å². The number of nitro benzene ring substituents is 1. The van der Waals surface area contributed by atoms with E-state index in [1.54, 1.807) is 30.3 Å². The second-order valence-corrected chi connectivity index (χ2v) is 7.30. The Balaban J connectivity index is 1.58. The topological polar surface area (TPSA) is 131 Å². The Labute approximate surface area is 197 Å². The Morgan fingerprint density at radius 3 is 2.57 bits per heavy atom. The second kappa shape index (κ2) is 9.83. The van der Waals surface area contributed by atoms with Crippen molar-refractivity contribution in [3.8, 4) is 5.75 Å². The quantitative estimate of drug-likeness (QED) is 0.233. The van der Waals surface area contributed by atoms with Gasteiger partial charge in [-0.15, -0.1) is 0 Å². The van der Waals surface area contributed by atoms with Gasteiger partial charge in [0.15, 0.2) is 6.61 Å². The van der Waals surface area contributed by atoms with E-state index in [0.29, 0.717) is 5.69 Å². The summed E-state index contributed by atoms with van der Waals surface area (Å²) in [6.45, 7) is -0.513. The van der Waals surface area contributed by atoms with Crippen molar-refractivity contribution >= 4 is 40.9 Å². The molecule has 3 amide bonds. The average molecular weight is 476 g/mol. The van der Waals surface area contributed by atoms with Crippen LogP contribution in [0.25, 0.3) is 6.08 Å². The molecule has 1 fully saturated rings. The number of hydrogen-bond donors (Lipinski definition) is 2. The van der Waals surface area contributed by atoms with Gasteiger partial charge in [-0.25, -0.2) is 9.40 Å². The Kier molecular flexibility index (Phi) is 6.49. The maximum absolute atomic E-state index is 13.3. The van der Waals surface area contributed by atoms with Crippen molar-refractivity contribution in [2.75, 3.05) is 16.9 Å². The Hall–Kier alpha value is -5.06. The molecule has 0 aromatic heterocycles. The van der Waals surface area contributed by atoms with Gasteiger partial charge in [-0.05, 0) is 42.5 Å². The molecule has 3 aromatic carbocycles. The van der Waals surface area contributed by atoms with Crippen molar-refractivity contribution < 1.29 is 28.4 Å². The molecule has 0 unspecified atom stereocenters. The molecule has 11 heteroatoms. The van der Waals surface area contributed by atoms with Crippen LogP contribution in [0.2, 0.25) is 0 Å². The van der Waals surface area contributed by atoms with Crippen LogP contribution in [0.4, 0.5) is 21.5 Å². The van der Waals surface area contributed by atoms with Crippen LogP contribution >= 0.6 is 0 Å². The number of nitrogens with one attached hydrogen (secondary N) is 2. The zero-order chi connectivity index (χ0) is 24.9. The van der Waals surface area contributed by atoms with Gasteiger partial charge < -0.3 is 10.1 Å².